The largest absolute Gasteiger partial charge is 0.379 e. The van der Waals surface area contributed by atoms with Crippen LogP contribution < -0.4 is 10.2 Å². The molecular formula is C24H34N6OS. The van der Waals surface area contributed by atoms with Gasteiger partial charge in [0.2, 0.25) is 0 Å². The van der Waals surface area contributed by atoms with Gasteiger partial charge in [0.25, 0.3) is 0 Å². The Morgan fingerprint density at radius 3 is 2.81 bits per heavy atom. The number of pyridine rings is 1. The van der Waals surface area contributed by atoms with E-state index >= 15 is 0 Å². The summed E-state index contributed by atoms with van der Waals surface area (Å²) in [5.41, 5.74) is 4.22. The molecule has 8 heteroatoms. The fraction of sp³-hybridized carbons (Fsp3) is 0.625. The zero-order chi connectivity index (χ0) is 22.3. The maximum atomic E-state index is 5.46. The third kappa shape index (κ3) is 4.04. The van der Waals surface area contributed by atoms with Gasteiger partial charge in [-0.05, 0) is 42.7 Å². The third-order valence-electron chi connectivity index (χ3n) is 6.96. The summed E-state index contributed by atoms with van der Waals surface area (Å²) >= 11 is 1.73. The van der Waals surface area contributed by atoms with Gasteiger partial charge in [0.15, 0.2) is 0 Å². The Morgan fingerprint density at radius 2 is 2.03 bits per heavy atom. The predicted molar refractivity (Wildman–Crippen MR) is 133 cm³/mol. The number of aromatic nitrogens is 3. The Bertz CT molecular complexity index is 1120. The second kappa shape index (κ2) is 8.72. The van der Waals surface area contributed by atoms with Crippen molar-refractivity contribution in [2.75, 3.05) is 63.2 Å². The van der Waals surface area contributed by atoms with Gasteiger partial charge < -0.3 is 15.0 Å². The second-order valence-corrected chi connectivity index (χ2v) is 10.8. The highest BCUT2D eigenvalue weighted by Crippen LogP contribution is 2.45. The van der Waals surface area contributed by atoms with E-state index in [2.05, 4.69) is 47.9 Å². The molecule has 4 heterocycles. The molecule has 32 heavy (non-hydrogen) atoms. The van der Waals surface area contributed by atoms with E-state index in [1.807, 2.05) is 0 Å². The molecule has 1 aliphatic heterocycles. The van der Waals surface area contributed by atoms with Crippen LogP contribution in [0.3, 0.4) is 0 Å². The average Bonchev–Trinajstić information content (AvgIpc) is 3.18. The van der Waals surface area contributed by atoms with Crippen LogP contribution in [0, 0.1) is 5.41 Å². The van der Waals surface area contributed by atoms with Gasteiger partial charge in [-0.2, -0.15) is 0 Å². The Hall–Kier alpha value is -2.03. The van der Waals surface area contributed by atoms with Crippen molar-refractivity contribution < 1.29 is 4.74 Å². The summed E-state index contributed by atoms with van der Waals surface area (Å²) in [7, 11) is 2.15. The van der Waals surface area contributed by atoms with Gasteiger partial charge in [-0.25, -0.2) is 15.0 Å². The summed E-state index contributed by atoms with van der Waals surface area (Å²) in [6.07, 6.45) is 5.06. The minimum atomic E-state index is 0.296. The van der Waals surface area contributed by atoms with Crippen LogP contribution in [0.1, 0.15) is 38.3 Å². The molecule has 3 aromatic heterocycles. The number of anilines is 2. The van der Waals surface area contributed by atoms with Gasteiger partial charge in [-0.15, -0.1) is 11.3 Å². The first-order valence-electron chi connectivity index (χ1n) is 11.8. The van der Waals surface area contributed by atoms with Crippen LogP contribution in [-0.2, 0) is 17.6 Å². The maximum Gasteiger partial charge on any atom is 0.147 e. The Morgan fingerprint density at radius 1 is 1.22 bits per heavy atom. The fourth-order valence-electron chi connectivity index (χ4n) is 4.93. The van der Waals surface area contributed by atoms with Crippen LogP contribution in [0.25, 0.3) is 20.4 Å². The number of rotatable bonds is 6. The lowest BCUT2D eigenvalue weighted by molar-refractivity contribution is 0.0398. The van der Waals surface area contributed by atoms with Gasteiger partial charge in [-0.1, -0.05) is 13.8 Å². The van der Waals surface area contributed by atoms with Gasteiger partial charge >= 0.3 is 0 Å². The van der Waals surface area contributed by atoms with Crippen molar-refractivity contribution in [3.05, 3.63) is 17.5 Å². The molecule has 0 atom stereocenters. The van der Waals surface area contributed by atoms with Crippen molar-refractivity contribution in [3.63, 3.8) is 0 Å². The van der Waals surface area contributed by atoms with Crippen molar-refractivity contribution in [2.45, 2.75) is 40.0 Å². The first-order valence-corrected chi connectivity index (χ1v) is 12.6. The molecule has 1 N–H and O–H groups in total. The molecule has 0 spiro atoms. The molecule has 0 aromatic carbocycles. The van der Waals surface area contributed by atoms with Crippen LogP contribution >= 0.6 is 11.3 Å². The van der Waals surface area contributed by atoms with Crippen LogP contribution in [-0.4, -0.2) is 72.8 Å². The zero-order valence-electron chi connectivity index (χ0n) is 19.7. The van der Waals surface area contributed by atoms with Gasteiger partial charge in [0, 0.05) is 45.2 Å². The zero-order valence-corrected chi connectivity index (χ0v) is 20.5. The fourth-order valence-corrected chi connectivity index (χ4v) is 6.05. The van der Waals surface area contributed by atoms with Crippen LogP contribution in [0.15, 0.2) is 6.33 Å². The lowest BCUT2D eigenvalue weighted by atomic mass is 9.73. The number of nitrogens with one attached hydrogen (secondary N) is 1. The number of hydrogen-bond acceptors (Lipinski definition) is 8. The molecule has 0 unspecified atom stereocenters. The lowest BCUT2D eigenvalue weighted by Gasteiger charge is -2.34. The first-order chi connectivity index (χ1) is 15.5. The summed E-state index contributed by atoms with van der Waals surface area (Å²) in [5.74, 6) is 2.08. The molecule has 0 saturated carbocycles. The minimum absolute atomic E-state index is 0.296. The molecule has 5 rings (SSSR count). The van der Waals surface area contributed by atoms with E-state index in [9.17, 15) is 0 Å². The molecule has 0 bridgehead atoms. The van der Waals surface area contributed by atoms with E-state index in [4.69, 9.17) is 14.7 Å². The SMILES string of the molecule is CCN(C)c1nc2sc3c(NCCN4CCOCC4)ncnc3c2c2c1CCC(C)(C)C2. The molecule has 1 saturated heterocycles. The number of hydrogen-bond donors (Lipinski definition) is 1. The monoisotopic (exact) mass is 454 g/mol. The normalized spacial score (nSPS) is 18.8. The van der Waals surface area contributed by atoms with Crippen LogP contribution in [0.5, 0.6) is 0 Å². The van der Waals surface area contributed by atoms with E-state index in [0.29, 0.717) is 5.41 Å². The number of thiophene rings is 1. The minimum Gasteiger partial charge on any atom is -0.379 e. The summed E-state index contributed by atoms with van der Waals surface area (Å²) in [4.78, 5) is 20.3. The summed E-state index contributed by atoms with van der Waals surface area (Å²) in [6.45, 7) is 13.4. The number of fused-ring (bicyclic) bond motifs is 5. The number of ether oxygens (including phenoxy) is 1. The molecule has 0 amide bonds. The quantitative estimate of drug-likeness (QED) is 0.605. The molecule has 1 fully saturated rings. The van der Waals surface area contributed by atoms with Crippen molar-refractivity contribution in [2.24, 2.45) is 5.41 Å². The van der Waals surface area contributed by atoms with E-state index in [1.54, 1.807) is 17.7 Å². The average molecular weight is 455 g/mol. The highest BCUT2D eigenvalue weighted by atomic mass is 32.1. The van der Waals surface area contributed by atoms with E-state index in [1.165, 1.54) is 22.9 Å². The Labute approximate surface area is 194 Å². The first kappa shape index (κ1) is 21.8. The van der Waals surface area contributed by atoms with Crippen molar-refractivity contribution >= 4 is 43.4 Å². The topological polar surface area (TPSA) is 66.4 Å². The summed E-state index contributed by atoms with van der Waals surface area (Å²) in [5, 5.41) is 4.83. The molecule has 1 aliphatic carbocycles. The van der Waals surface area contributed by atoms with Crippen LogP contribution in [0.4, 0.5) is 11.6 Å². The Kier molecular flexibility index (Phi) is 5.94. The molecule has 172 valence electrons. The van der Waals surface area contributed by atoms with Crippen molar-refractivity contribution in [1.29, 1.82) is 0 Å². The van der Waals surface area contributed by atoms with E-state index in [0.717, 1.165) is 85.5 Å². The second-order valence-electron chi connectivity index (χ2n) is 9.81. The molecule has 7 nitrogen and oxygen atoms in total. The number of nitrogens with zero attached hydrogens (tertiary/aromatic N) is 5. The third-order valence-corrected chi connectivity index (χ3v) is 8.04. The van der Waals surface area contributed by atoms with E-state index in [-0.39, 0.29) is 0 Å². The van der Waals surface area contributed by atoms with Gasteiger partial charge in [-0.3, -0.25) is 4.90 Å². The smallest absolute Gasteiger partial charge is 0.147 e. The summed E-state index contributed by atoms with van der Waals surface area (Å²) in [6, 6.07) is 0. The lowest BCUT2D eigenvalue weighted by Crippen LogP contribution is -2.39. The number of morpholine rings is 1. The summed E-state index contributed by atoms with van der Waals surface area (Å²) < 4.78 is 6.58. The van der Waals surface area contributed by atoms with E-state index < -0.39 is 0 Å². The predicted octanol–water partition coefficient (Wildman–Crippen LogP) is 3.95. The molecule has 3 aromatic rings. The highest BCUT2D eigenvalue weighted by Gasteiger charge is 2.31. The standard InChI is InChI=1S/C24H34N6OS/c1-5-29(4)22-16-6-7-24(2,3)14-17(16)18-19-20(32-23(18)28-22)21(27-15-26-19)25-8-9-30-10-12-31-13-11-30/h15H,5-14H2,1-4H3,(H,25,26,27). The van der Waals surface area contributed by atoms with Crippen LogP contribution in [0.2, 0.25) is 0 Å². The van der Waals surface area contributed by atoms with Gasteiger partial charge in [0.1, 0.15) is 22.8 Å². The molecular weight excluding hydrogens is 420 g/mol. The van der Waals surface area contributed by atoms with Crippen molar-refractivity contribution in [3.8, 4) is 0 Å². The Balaban J connectivity index is 1.55. The van der Waals surface area contributed by atoms with Crippen molar-refractivity contribution in [1.82, 2.24) is 19.9 Å². The van der Waals surface area contributed by atoms with Gasteiger partial charge in [0.05, 0.1) is 23.4 Å². The molecule has 0 radical (unpaired) electrons. The highest BCUT2D eigenvalue weighted by molar-refractivity contribution is 7.26. The maximum absolute atomic E-state index is 5.46. The molecule has 2 aliphatic rings.